The summed E-state index contributed by atoms with van der Waals surface area (Å²) in [6.45, 7) is -0.152. The van der Waals surface area contributed by atoms with Gasteiger partial charge in [-0.2, -0.15) is 0 Å². The van der Waals surface area contributed by atoms with Crippen LogP contribution in [0.4, 0.5) is 5.69 Å². The fourth-order valence-electron chi connectivity index (χ4n) is 2.75. The van der Waals surface area contributed by atoms with Crippen molar-refractivity contribution in [3.63, 3.8) is 0 Å². The molecule has 168 valence electrons. The Balaban J connectivity index is 1.63. The lowest BCUT2D eigenvalue weighted by atomic mass is 10.1. The summed E-state index contributed by atoms with van der Waals surface area (Å²) in [4.78, 5) is 25.3. The number of rotatable bonds is 10. The van der Waals surface area contributed by atoms with Gasteiger partial charge in [0.15, 0.2) is 0 Å². The minimum absolute atomic E-state index is 0.152. The molecular weight excluding hydrogens is 452 g/mol. The second-order valence-electron chi connectivity index (χ2n) is 6.58. The number of thiophene rings is 1. The lowest BCUT2D eigenvalue weighted by molar-refractivity contribution is -0.154. The van der Waals surface area contributed by atoms with Gasteiger partial charge in [0, 0.05) is 17.8 Å². The molecule has 1 atom stereocenters. The molecule has 2 N–H and O–H groups in total. The minimum atomic E-state index is -3.68. The highest BCUT2D eigenvalue weighted by molar-refractivity contribution is 7.91. The number of carbonyl (C=O) groups excluding carboxylic acids is 2. The van der Waals surface area contributed by atoms with Crippen LogP contribution in [0.5, 0.6) is 5.75 Å². The number of hydrogen-bond donors (Lipinski definition) is 2. The topological polar surface area (TPSA) is 111 Å². The number of esters is 1. The van der Waals surface area contributed by atoms with E-state index in [9.17, 15) is 18.0 Å². The second kappa shape index (κ2) is 10.9. The van der Waals surface area contributed by atoms with Crippen molar-refractivity contribution < 1.29 is 27.5 Å². The third-order valence-corrected chi connectivity index (χ3v) is 7.19. The Bertz CT molecular complexity index is 1130. The number of anilines is 1. The van der Waals surface area contributed by atoms with Crippen molar-refractivity contribution in [3.8, 4) is 5.75 Å². The molecule has 0 bridgehead atoms. The van der Waals surface area contributed by atoms with Crippen LogP contribution in [0.2, 0.25) is 0 Å². The van der Waals surface area contributed by atoms with Gasteiger partial charge in [-0.05, 0) is 35.7 Å². The Hall–Kier alpha value is -3.21. The third-order valence-electron chi connectivity index (χ3n) is 4.33. The molecule has 0 spiro atoms. The maximum Gasteiger partial charge on any atom is 0.308 e. The number of benzene rings is 2. The summed E-state index contributed by atoms with van der Waals surface area (Å²) in [5.74, 6) is -0.606. The van der Waals surface area contributed by atoms with Crippen molar-refractivity contribution in [1.29, 1.82) is 0 Å². The van der Waals surface area contributed by atoms with Crippen LogP contribution in [-0.2, 0) is 24.3 Å². The van der Waals surface area contributed by atoms with Crippen LogP contribution >= 0.6 is 11.3 Å². The summed E-state index contributed by atoms with van der Waals surface area (Å²) < 4.78 is 37.3. The van der Waals surface area contributed by atoms with E-state index in [0.29, 0.717) is 17.0 Å². The SMILES string of the molecule is COc1ccc(NC(=O)C(OC(=O)CCNS(=O)(=O)c2cccs2)c2ccccc2)cc1. The maximum absolute atomic E-state index is 12.9. The predicted octanol–water partition coefficient (Wildman–Crippen LogP) is 3.35. The fraction of sp³-hybridized carbons (Fsp3) is 0.182. The van der Waals surface area contributed by atoms with Gasteiger partial charge in [0.25, 0.3) is 5.91 Å². The summed E-state index contributed by atoms with van der Waals surface area (Å²) in [6.07, 6.45) is -1.43. The summed E-state index contributed by atoms with van der Waals surface area (Å²) >= 11 is 1.08. The van der Waals surface area contributed by atoms with Gasteiger partial charge in [0.05, 0.1) is 13.5 Å². The maximum atomic E-state index is 12.9. The lowest BCUT2D eigenvalue weighted by Gasteiger charge is -2.18. The average Bonchev–Trinajstić information content (AvgIpc) is 3.34. The quantitative estimate of drug-likeness (QED) is 0.436. The summed E-state index contributed by atoms with van der Waals surface area (Å²) in [5, 5.41) is 4.36. The van der Waals surface area contributed by atoms with Gasteiger partial charge in [-0.15, -0.1) is 11.3 Å². The molecule has 3 rings (SSSR count). The normalized spacial score (nSPS) is 12.0. The average molecular weight is 475 g/mol. The molecule has 0 aliphatic carbocycles. The van der Waals surface area contributed by atoms with E-state index in [1.165, 1.54) is 6.07 Å². The van der Waals surface area contributed by atoms with Crippen LogP contribution in [-0.4, -0.2) is 33.9 Å². The molecule has 3 aromatic rings. The summed E-state index contributed by atoms with van der Waals surface area (Å²) in [7, 11) is -2.14. The Labute approximate surface area is 190 Å². The monoisotopic (exact) mass is 474 g/mol. The van der Waals surface area contributed by atoms with Gasteiger partial charge < -0.3 is 14.8 Å². The molecule has 1 aromatic heterocycles. The van der Waals surface area contributed by atoms with Crippen LogP contribution in [0, 0.1) is 0 Å². The van der Waals surface area contributed by atoms with Gasteiger partial charge in [0.2, 0.25) is 16.1 Å². The molecule has 0 saturated carbocycles. The van der Waals surface area contributed by atoms with E-state index >= 15 is 0 Å². The van der Waals surface area contributed by atoms with Gasteiger partial charge in [-0.1, -0.05) is 36.4 Å². The van der Waals surface area contributed by atoms with Crippen molar-refractivity contribution >= 4 is 38.9 Å². The highest BCUT2D eigenvalue weighted by Gasteiger charge is 2.25. The summed E-state index contributed by atoms with van der Waals surface area (Å²) in [5.41, 5.74) is 1.00. The standard InChI is InChI=1S/C22H22N2O6S2/c1-29-18-11-9-17(10-12-18)24-22(26)21(16-6-3-2-4-7-16)30-19(25)13-14-23-32(27,28)20-8-5-15-31-20/h2-12,15,21,23H,13-14H2,1H3,(H,24,26). The van der Waals surface area contributed by atoms with E-state index in [2.05, 4.69) is 10.0 Å². The van der Waals surface area contributed by atoms with Crippen molar-refractivity contribution in [2.24, 2.45) is 0 Å². The number of ether oxygens (including phenoxy) is 2. The van der Waals surface area contributed by atoms with Crippen LogP contribution < -0.4 is 14.8 Å². The summed E-state index contributed by atoms with van der Waals surface area (Å²) in [6, 6.07) is 18.4. The zero-order chi connectivity index (χ0) is 23.0. The van der Waals surface area contributed by atoms with E-state index < -0.39 is 28.0 Å². The fourth-order valence-corrected chi connectivity index (χ4v) is 4.82. The van der Waals surface area contributed by atoms with E-state index in [4.69, 9.17) is 9.47 Å². The minimum Gasteiger partial charge on any atom is -0.497 e. The number of hydrogen-bond acceptors (Lipinski definition) is 7. The Morgan fingerprint density at radius 3 is 2.34 bits per heavy atom. The van der Waals surface area contributed by atoms with Crippen molar-refractivity contribution in [1.82, 2.24) is 4.72 Å². The van der Waals surface area contributed by atoms with Crippen LogP contribution in [0.25, 0.3) is 0 Å². The molecule has 0 saturated heterocycles. The van der Waals surface area contributed by atoms with Gasteiger partial charge in [0.1, 0.15) is 9.96 Å². The number of nitrogens with one attached hydrogen (secondary N) is 2. The van der Waals surface area contributed by atoms with E-state index in [-0.39, 0.29) is 17.2 Å². The molecule has 8 nitrogen and oxygen atoms in total. The molecule has 0 fully saturated rings. The number of methoxy groups -OCH3 is 1. The Morgan fingerprint density at radius 1 is 1.00 bits per heavy atom. The zero-order valence-electron chi connectivity index (χ0n) is 17.2. The smallest absolute Gasteiger partial charge is 0.308 e. The zero-order valence-corrected chi connectivity index (χ0v) is 18.8. The van der Waals surface area contributed by atoms with Crippen molar-refractivity contribution in [2.45, 2.75) is 16.7 Å². The van der Waals surface area contributed by atoms with Gasteiger partial charge >= 0.3 is 5.97 Å². The van der Waals surface area contributed by atoms with Crippen molar-refractivity contribution in [2.75, 3.05) is 19.0 Å². The van der Waals surface area contributed by atoms with Gasteiger partial charge in [-0.25, -0.2) is 13.1 Å². The predicted molar refractivity (Wildman–Crippen MR) is 121 cm³/mol. The molecule has 0 radical (unpaired) electrons. The number of carbonyl (C=O) groups is 2. The molecule has 2 aromatic carbocycles. The van der Waals surface area contributed by atoms with E-state index in [1.54, 1.807) is 73.2 Å². The van der Waals surface area contributed by atoms with Crippen LogP contribution in [0.3, 0.4) is 0 Å². The largest absolute Gasteiger partial charge is 0.497 e. The molecular formula is C22H22N2O6S2. The lowest BCUT2D eigenvalue weighted by Crippen LogP contribution is -2.29. The molecule has 1 amide bonds. The molecule has 32 heavy (non-hydrogen) atoms. The second-order valence-corrected chi connectivity index (χ2v) is 9.52. The van der Waals surface area contributed by atoms with E-state index in [0.717, 1.165) is 11.3 Å². The first-order valence-corrected chi connectivity index (χ1v) is 12.0. The molecule has 0 aliphatic rings. The number of amides is 1. The highest BCUT2D eigenvalue weighted by Crippen LogP contribution is 2.22. The van der Waals surface area contributed by atoms with Crippen molar-refractivity contribution in [3.05, 3.63) is 77.7 Å². The van der Waals surface area contributed by atoms with Crippen LogP contribution in [0.1, 0.15) is 18.1 Å². The molecule has 1 unspecified atom stereocenters. The molecule has 10 heteroatoms. The first kappa shape index (κ1) is 23.5. The number of sulfonamides is 1. The van der Waals surface area contributed by atoms with Gasteiger partial charge in [-0.3, -0.25) is 9.59 Å². The van der Waals surface area contributed by atoms with E-state index in [1.807, 2.05) is 0 Å². The Kier molecular flexibility index (Phi) is 7.98. The first-order valence-electron chi connectivity index (χ1n) is 9.61. The highest BCUT2D eigenvalue weighted by atomic mass is 32.2. The molecule has 0 aliphatic heterocycles. The Morgan fingerprint density at radius 2 is 1.72 bits per heavy atom. The van der Waals surface area contributed by atoms with Crippen LogP contribution in [0.15, 0.2) is 76.3 Å². The first-order chi connectivity index (χ1) is 15.4. The third kappa shape index (κ3) is 6.39. The molecule has 1 heterocycles.